The Kier molecular flexibility index (Phi) is 4.32. The molecule has 4 rings (SSSR count). The predicted molar refractivity (Wildman–Crippen MR) is 95.0 cm³/mol. The number of benzene rings is 1. The van der Waals surface area contributed by atoms with Gasteiger partial charge in [-0.3, -0.25) is 9.59 Å². The van der Waals surface area contributed by atoms with Crippen molar-refractivity contribution >= 4 is 19.8 Å². The van der Waals surface area contributed by atoms with Crippen LogP contribution < -0.4 is 0 Å². The zero-order valence-corrected chi connectivity index (χ0v) is 15.8. The van der Waals surface area contributed by atoms with Crippen molar-refractivity contribution in [3.05, 3.63) is 29.3 Å². The minimum absolute atomic E-state index is 0.0788. The normalized spacial score (nSPS) is 28.6. The largest absolute Gasteiger partial charge is 0.508 e. The molecule has 0 radical (unpaired) electrons. The summed E-state index contributed by atoms with van der Waals surface area (Å²) >= 11 is 0. The van der Waals surface area contributed by atoms with Gasteiger partial charge >= 0.3 is 5.97 Å². The maximum absolute atomic E-state index is 12.7. The first-order chi connectivity index (χ1) is 11.2. The first-order valence-corrected chi connectivity index (χ1v) is 12.4. The Bertz CT molecular complexity index is 676. The van der Waals surface area contributed by atoms with Gasteiger partial charge in [0, 0.05) is 26.3 Å². The predicted octanol–water partition coefficient (Wildman–Crippen LogP) is 3.68. The van der Waals surface area contributed by atoms with E-state index in [1.54, 1.807) is 12.1 Å². The van der Waals surface area contributed by atoms with E-state index >= 15 is 0 Å². The fraction of sp³-hybridized carbons (Fsp3) is 0.579. The number of fused-ring (bicyclic) bond motifs is 2. The molecule has 4 atom stereocenters. The quantitative estimate of drug-likeness (QED) is 0.667. The van der Waals surface area contributed by atoms with Crippen molar-refractivity contribution in [2.75, 3.05) is 6.61 Å². The molecule has 0 amide bonds. The molecule has 130 valence electrons. The highest BCUT2D eigenvalue weighted by Gasteiger charge is 2.52. The molecule has 1 saturated carbocycles. The van der Waals surface area contributed by atoms with Gasteiger partial charge in [0.25, 0.3) is 0 Å². The van der Waals surface area contributed by atoms with Crippen LogP contribution in [0, 0.1) is 11.8 Å². The summed E-state index contributed by atoms with van der Waals surface area (Å²) in [6.07, 6.45) is 0.403. The fourth-order valence-electron chi connectivity index (χ4n) is 4.20. The molecule has 3 aliphatic rings. The van der Waals surface area contributed by atoms with E-state index in [0.29, 0.717) is 13.0 Å². The highest BCUT2D eigenvalue weighted by molar-refractivity contribution is 6.76. The SMILES string of the molecule is C[C@@H]1C2C(=O)CC(c3ccc(O)cc32)C1C(=O)OCC[Si](C)(C)C. The smallest absolute Gasteiger partial charge is 0.309 e. The van der Waals surface area contributed by atoms with E-state index in [-0.39, 0.29) is 41.2 Å². The third kappa shape index (κ3) is 3.01. The van der Waals surface area contributed by atoms with Crippen molar-refractivity contribution in [3.8, 4) is 5.75 Å². The van der Waals surface area contributed by atoms with E-state index in [2.05, 4.69) is 19.6 Å². The Hall–Kier alpha value is -1.62. The molecule has 1 fully saturated rings. The molecular weight excluding hydrogens is 320 g/mol. The van der Waals surface area contributed by atoms with Gasteiger partial charge < -0.3 is 9.84 Å². The summed E-state index contributed by atoms with van der Waals surface area (Å²) in [5, 5.41) is 9.76. The van der Waals surface area contributed by atoms with Gasteiger partial charge in [-0.25, -0.2) is 0 Å². The topological polar surface area (TPSA) is 63.6 Å². The molecule has 0 aliphatic heterocycles. The minimum Gasteiger partial charge on any atom is -0.508 e. The molecule has 1 aromatic carbocycles. The van der Waals surface area contributed by atoms with Gasteiger partial charge in [0.1, 0.15) is 11.5 Å². The van der Waals surface area contributed by atoms with Gasteiger partial charge in [-0.2, -0.15) is 0 Å². The van der Waals surface area contributed by atoms with Gasteiger partial charge in [-0.1, -0.05) is 32.6 Å². The van der Waals surface area contributed by atoms with Crippen LogP contribution in [0.5, 0.6) is 5.75 Å². The summed E-state index contributed by atoms with van der Waals surface area (Å²) < 4.78 is 5.59. The number of phenolic OH excluding ortho intramolecular Hbond substituents is 1. The number of ketones is 1. The molecule has 24 heavy (non-hydrogen) atoms. The van der Waals surface area contributed by atoms with E-state index in [1.165, 1.54) is 0 Å². The van der Waals surface area contributed by atoms with Crippen molar-refractivity contribution in [2.45, 2.75) is 50.9 Å². The molecule has 3 aliphatic carbocycles. The molecule has 1 N–H and O–H groups in total. The minimum atomic E-state index is -1.24. The molecule has 0 aromatic heterocycles. The molecule has 4 nitrogen and oxygen atoms in total. The third-order valence-electron chi connectivity index (χ3n) is 5.47. The Morgan fingerprint density at radius 3 is 2.67 bits per heavy atom. The maximum atomic E-state index is 12.7. The number of rotatable bonds is 4. The maximum Gasteiger partial charge on any atom is 0.309 e. The number of carbonyl (C=O) groups is 2. The van der Waals surface area contributed by atoms with Crippen molar-refractivity contribution in [1.29, 1.82) is 0 Å². The van der Waals surface area contributed by atoms with Crippen LogP contribution in [0.2, 0.25) is 25.7 Å². The highest BCUT2D eigenvalue weighted by atomic mass is 28.3. The summed E-state index contributed by atoms with van der Waals surface area (Å²) in [4.78, 5) is 25.1. The molecule has 5 heteroatoms. The second kappa shape index (κ2) is 6.03. The number of phenols is 1. The van der Waals surface area contributed by atoms with Crippen LogP contribution in [-0.4, -0.2) is 31.5 Å². The van der Waals surface area contributed by atoms with E-state index in [1.807, 2.05) is 13.0 Å². The van der Waals surface area contributed by atoms with Gasteiger partial charge in [0.05, 0.1) is 12.5 Å². The second-order valence-corrected chi connectivity index (χ2v) is 14.1. The van der Waals surface area contributed by atoms with Crippen LogP contribution in [-0.2, 0) is 14.3 Å². The highest BCUT2D eigenvalue weighted by Crippen LogP contribution is 2.54. The van der Waals surface area contributed by atoms with Crippen LogP contribution in [0.4, 0.5) is 0 Å². The lowest BCUT2D eigenvalue weighted by molar-refractivity contribution is -0.154. The average molecular weight is 346 g/mol. The number of carbonyl (C=O) groups excluding carboxylic acids is 2. The van der Waals surface area contributed by atoms with Crippen LogP contribution in [0.15, 0.2) is 18.2 Å². The standard InChI is InChI=1S/C19H26O4Si/c1-11-17-14-9-12(20)5-6-13(14)15(10-16(17)21)18(11)19(22)23-7-8-24(2,3)4/h5-6,9,11,15,17-18,20H,7-8,10H2,1-4H3/t11-,15?,17?,18?/m1/s1. The van der Waals surface area contributed by atoms with Gasteiger partial charge in [-0.05, 0) is 35.2 Å². The number of ether oxygens (including phenoxy) is 1. The van der Waals surface area contributed by atoms with Crippen molar-refractivity contribution in [3.63, 3.8) is 0 Å². The Balaban J connectivity index is 1.83. The Morgan fingerprint density at radius 2 is 2.00 bits per heavy atom. The lowest BCUT2D eigenvalue weighted by Crippen LogP contribution is -2.46. The van der Waals surface area contributed by atoms with Crippen LogP contribution in [0.3, 0.4) is 0 Å². The van der Waals surface area contributed by atoms with Crippen LogP contribution >= 0.6 is 0 Å². The second-order valence-electron chi connectivity index (χ2n) is 8.43. The summed E-state index contributed by atoms with van der Waals surface area (Å²) in [6, 6.07) is 6.15. The van der Waals surface area contributed by atoms with Crippen molar-refractivity contribution in [1.82, 2.24) is 0 Å². The van der Waals surface area contributed by atoms with E-state index in [4.69, 9.17) is 4.74 Å². The lowest BCUT2D eigenvalue weighted by Gasteiger charge is -2.46. The average Bonchev–Trinajstić information content (AvgIpc) is 2.45. The Labute approximate surface area is 144 Å². The third-order valence-corrected chi connectivity index (χ3v) is 7.17. The summed E-state index contributed by atoms with van der Waals surface area (Å²) in [5.41, 5.74) is 1.93. The van der Waals surface area contributed by atoms with Gasteiger partial charge in [0.2, 0.25) is 0 Å². The first-order valence-electron chi connectivity index (χ1n) is 8.71. The van der Waals surface area contributed by atoms with Gasteiger partial charge in [-0.15, -0.1) is 0 Å². The summed E-state index contributed by atoms with van der Waals surface area (Å²) in [5.74, 6) is -0.565. The molecule has 1 aromatic rings. The molecule has 0 spiro atoms. The zero-order chi connectivity index (χ0) is 17.6. The zero-order valence-electron chi connectivity index (χ0n) is 14.8. The van der Waals surface area contributed by atoms with Crippen molar-refractivity contribution in [2.24, 2.45) is 11.8 Å². The number of hydrogen-bond donors (Lipinski definition) is 1. The van der Waals surface area contributed by atoms with E-state index in [0.717, 1.165) is 17.2 Å². The molecule has 0 saturated heterocycles. The van der Waals surface area contributed by atoms with Crippen LogP contribution in [0.25, 0.3) is 0 Å². The fourth-order valence-corrected chi connectivity index (χ4v) is 4.91. The number of hydrogen-bond acceptors (Lipinski definition) is 4. The Morgan fingerprint density at radius 1 is 1.29 bits per heavy atom. The first kappa shape index (κ1) is 17.2. The summed E-state index contributed by atoms with van der Waals surface area (Å²) in [7, 11) is -1.24. The molecule has 0 heterocycles. The lowest BCUT2D eigenvalue weighted by atomic mass is 9.56. The number of esters is 1. The molecule has 3 unspecified atom stereocenters. The molecule has 2 bridgehead atoms. The van der Waals surface area contributed by atoms with E-state index < -0.39 is 8.07 Å². The molecular formula is C19H26O4Si. The van der Waals surface area contributed by atoms with Gasteiger partial charge in [0.15, 0.2) is 0 Å². The number of aromatic hydroxyl groups is 1. The van der Waals surface area contributed by atoms with Crippen LogP contribution in [0.1, 0.15) is 36.3 Å². The number of Topliss-reactive ketones (excluding diaryl/α,β-unsaturated/α-hetero) is 1. The van der Waals surface area contributed by atoms with Crippen molar-refractivity contribution < 1.29 is 19.4 Å². The summed E-state index contributed by atoms with van der Waals surface area (Å²) in [6.45, 7) is 9.21. The van der Waals surface area contributed by atoms with E-state index in [9.17, 15) is 14.7 Å². The monoisotopic (exact) mass is 346 g/mol.